The number of hydrogen-bond acceptors (Lipinski definition) is 2. The van der Waals surface area contributed by atoms with Crippen molar-refractivity contribution in [3.05, 3.63) is 11.6 Å². The molecule has 2 heteroatoms. The van der Waals surface area contributed by atoms with Crippen LogP contribution in [0.1, 0.15) is 39.5 Å². The van der Waals surface area contributed by atoms with Gasteiger partial charge in [-0.1, -0.05) is 18.6 Å². The molecule has 3 aliphatic carbocycles. The van der Waals surface area contributed by atoms with E-state index in [0.717, 1.165) is 18.3 Å². The molecule has 0 heterocycles. The van der Waals surface area contributed by atoms with E-state index >= 15 is 0 Å². The van der Waals surface area contributed by atoms with Crippen LogP contribution in [0, 0.1) is 23.2 Å². The minimum Gasteiger partial charge on any atom is -0.464 e. The lowest BCUT2D eigenvalue weighted by molar-refractivity contribution is -0.144. The maximum Gasteiger partial charge on any atom is 0.293 e. The Hall–Kier alpha value is -0.790. The van der Waals surface area contributed by atoms with E-state index in [-0.39, 0.29) is 6.10 Å². The third-order valence-corrected chi connectivity index (χ3v) is 5.49. The molecule has 3 aliphatic rings. The average molecular weight is 220 g/mol. The van der Waals surface area contributed by atoms with Crippen LogP contribution >= 0.6 is 0 Å². The van der Waals surface area contributed by atoms with Crippen molar-refractivity contribution in [3.8, 4) is 0 Å². The minimum absolute atomic E-state index is 0.179. The first-order valence-electron chi connectivity index (χ1n) is 6.44. The van der Waals surface area contributed by atoms with Gasteiger partial charge in [0.05, 0.1) is 0 Å². The van der Waals surface area contributed by atoms with E-state index < -0.39 is 0 Å². The first-order chi connectivity index (χ1) is 7.69. The fourth-order valence-electron chi connectivity index (χ4n) is 4.82. The Morgan fingerprint density at radius 3 is 3.12 bits per heavy atom. The van der Waals surface area contributed by atoms with Gasteiger partial charge in [-0.15, -0.1) is 0 Å². The van der Waals surface area contributed by atoms with Gasteiger partial charge in [-0.2, -0.15) is 0 Å². The molecule has 5 atom stereocenters. The van der Waals surface area contributed by atoms with Crippen LogP contribution in [-0.4, -0.2) is 12.6 Å². The van der Waals surface area contributed by atoms with E-state index in [1.54, 1.807) is 0 Å². The van der Waals surface area contributed by atoms with Crippen molar-refractivity contribution >= 4 is 6.47 Å². The standard InChI is InChI=1S/C14H20O2/c1-9-3-5-14-6-4-11(12(14)7-9)10(2)13(14)16-8-15/h3,8,10-13H,4-7H2,1-2H3/t10-,11-,12+,13+,14-/m0/s1. The molecule has 2 fully saturated rings. The summed E-state index contributed by atoms with van der Waals surface area (Å²) in [5.41, 5.74) is 1.83. The zero-order chi connectivity index (χ0) is 11.3. The summed E-state index contributed by atoms with van der Waals surface area (Å²) < 4.78 is 5.43. The molecule has 0 spiro atoms. The van der Waals surface area contributed by atoms with Gasteiger partial charge in [-0.25, -0.2) is 0 Å². The second-order valence-electron chi connectivity index (χ2n) is 6.01. The third-order valence-electron chi connectivity index (χ3n) is 5.49. The van der Waals surface area contributed by atoms with Crippen LogP contribution in [0.5, 0.6) is 0 Å². The van der Waals surface area contributed by atoms with Crippen molar-refractivity contribution in [1.29, 1.82) is 0 Å². The van der Waals surface area contributed by atoms with Gasteiger partial charge in [0.25, 0.3) is 6.47 Å². The number of hydrogen-bond donors (Lipinski definition) is 0. The Morgan fingerprint density at radius 1 is 1.56 bits per heavy atom. The van der Waals surface area contributed by atoms with E-state index in [9.17, 15) is 4.79 Å². The summed E-state index contributed by atoms with van der Waals surface area (Å²) in [6, 6.07) is 0. The summed E-state index contributed by atoms with van der Waals surface area (Å²) >= 11 is 0. The van der Waals surface area contributed by atoms with Crippen molar-refractivity contribution in [2.75, 3.05) is 0 Å². The van der Waals surface area contributed by atoms with E-state index in [4.69, 9.17) is 4.74 Å². The average Bonchev–Trinajstić information content (AvgIpc) is 2.73. The van der Waals surface area contributed by atoms with Crippen LogP contribution in [0.4, 0.5) is 0 Å². The smallest absolute Gasteiger partial charge is 0.293 e. The predicted molar refractivity (Wildman–Crippen MR) is 61.7 cm³/mol. The quantitative estimate of drug-likeness (QED) is 0.528. The number of ether oxygens (including phenoxy) is 1. The molecule has 88 valence electrons. The lowest BCUT2D eigenvalue weighted by Gasteiger charge is -2.40. The van der Waals surface area contributed by atoms with Crippen molar-refractivity contribution in [2.24, 2.45) is 23.2 Å². The Bertz CT molecular complexity index is 347. The zero-order valence-corrected chi connectivity index (χ0v) is 10.1. The molecule has 0 unspecified atom stereocenters. The van der Waals surface area contributed by atoms with Crippen molar-refractivity contribution in [3.63, 3.8) is 0 Å². The molecule has 0 aliphatic heterocycles. The second kappa shape index (κ2) is 3.35. The largest absolute Gasteiger partial charge is 0.464 e. The van der Waals surface area contributed by atoms with Crippen LogP contribution in [0.2, 0.25) is 0 Å². The molecule has 0 N–H and O–H groups in total. The number of rotatable bonds is 2. The maximum atomic E-state index is 10.7. The van der Waals surface area contributed by atoms with Gasteiger partial charge >= 0.3 is 0 Å². The van der Waals surface area contributed by atoms with Crippen molar-refractivity contribution in [1.82, 2.24) is 0 Å². The maximum absolute atomic E-state index is 10.7. The number of allylic oxidation sites excluding steroid dienone is 2. The Morgan fingerprint density at radius 2 is 2.38 bits per heavy atom. The first-order valence-corrected chi connectivity index (χ1v) is 6.44. The third kappa shape index (κ3) is 1.11. The van der Waals surface area contributed by atoms with Gasteiger partial charge in [-0.05, 0) is 50.4 Å². The predicted octanol–water partition coefficient (Wildman–Crippen LogP) is 2.93. The molecular formula is C14H20O2. The monoisotopic (exact) mass is 220 g/mol. The molecule has 0 aromatic carbocycles. The lowest BCUT2D eigenvalue weighted by Crippen LogP contribution is -2.39. The molecule has 0 saturated heterocycles. The van der Waals surface area contributed by atoms with Crippen LogP contribution in [0.15, 0.2) is 11.6 Å². The Kier molecular flexibility index (Phi) is 2.17. The van der Waals surface area contributed by atoms with E-state index in [0.29, 0.717) is 17.8 Å². The summed E-state index contributed by atoms with van der Waals surface area (Å²) in [5.74, 6) is 2.12. The topological polar surface area (TPSA) is 26.3 Å². The fraction of sp³-hybridized carbons (Fsp3) is 0.786. The summed E-state index contributed by atoms with van der Waals surface area (Å²) in [6.07, 6.45) is 7.51. The number of carbonyl (C=O) groups is 1. The first kappa shape index (κ1) is 10.4. The molecular weight excluding hydrogens is 200 g/mol. The minimum atomic E-state index is 0.179. The fourth-order valence-corrected chi connectivity index (χ4v) is 4.82. The van der Waals surface area contributed by atoms with Gasteiger partial charge in [0.2, 0.25) is 0 Å². The molecule has 2 bridgehead atoms. The summed E-state index contributed by atoms with van der Waals surface area (Å²) in [6.45, 7) is 5.18. The summed E-state index contributed by atoms with van der Waals surface area (Å²) in [4.78, 5) is 10.7. The molecule has 3 rings (SSSR count). The zero-order valence-electron chi connectivity index (χ0n) is 10.1. The molecule has 16 heavy (non-hydrogen) atoms. The SMILES string of the molecule is CC1=CC[C@@]23CC[C@@H]([C@H](C)[C@H]2OC=O)[C@H]3C1. The summed E-state index contributed by atoms with van der Waals surface area (Å²) in [5, 5.41) is 0. The van der Waals surface area contributed by atoms with Crippen molar-refractivity contribution in [2.45, 2.75) is 45.6 Å². The normalized spacial score (nSPS) is 49.8. The highest BCUT2D eigenvalue weighted by molar-refractivity contribution is 5.39. The van der Waals surface area contributed by atoms with Gasteiger partial charge in [0, 0.05) is 5.41 Å². The van der Waals surface area contributed by atoms with E-state index in [2.05, 4.69) is 19.9 Å². The molecule has 0 radical (unpaired) electrons. The number of carbonyl (C=O) groups excluding carboxylic acids is 1. The van der Waals surface area contributed by atoms with Gasteiger partial charge < -0.3 is 4.74 Å². The molecule has 0 amide bonds. The van der Waals surface area contributed by atoms with Crippen LogP contribution in [0.25, 0.3) is 0 Å². The molecule has 0 aromatic rings. The molecule has 2 saturated carbocycles. The Balaban J connectivity index is 1.97. The van der Waals surface area contributed by atoms with Gasteiger partial charge in [-0.3, -0.25) is 4.79 Å². The van der Waals surface area contributed by atoms with Crippen LogP contribution in [0.3, 0.4) is 0 Å². The highest BCUT2D eigenvalue weighted by Crippen LogP contribution is 2.66. The summed E-state index contributed by atoms with van der Waals surface area (Å²) in [7, 11) is 0. The highest BCUT2D eigenvalue weighted by atomic mass is 16.5. The van der Waals surface area contributed by atoms with Crippen LogP contribution < -0.4 is 0 Å². The van der Waals surface area contributed by atoms with E-state index in [1.807, 2.05) is 0 Å². The van der Waals surface area contributed by atoms with Gasteiger partial charge in [0.1, 0.15) is 6.10 Å². The van der Waals surface area contributed by atoms with Crippen molar-refractivity contribution < 1.29 is 9.53 Å². The lowest BCUT2D eigenvalue weighted by atomic mass is 9.68. The second-order valence-corrected chi connectivity index (χ2v) is 6.01. The Labute approximate surface area is 97.1 Å². The molecule has 0 aromatic heterocycles. The molecule has 2 nitrogen and oxygen atoms in total. The van der Waals surface area contributed by atoms with Gasteiger partial charge in [0.15, 0.2) is 0 Å². The highest BCUT2D eigenvalue weighted by Gasteiger charge is 2.63. The van der Waals surface area contributed by atoms with Crippen LogP contribution in [-0.2, 0) is 9.53 Å². The van der Waals surface area contributed by atoms with E-state index in [1.165, 1.54) is 24.8 Å².